The maximum absolute atomic E-state index is 12.7. The normalized spacial score (nSPS) is 14.6. The molecule has 0 unspecified atom stereocenters. The fourth-order valence-electron chi connectivity index (χ4n) is 3.92. The fourth-order valence-corrected chi connectivity index (χ4v) is 3.92. The molecule has 0 saturated carbocycles. The largest absolute Gasteiger partial charge is 0.353 e. The van der Waals surface area contributed by atoms with Gasteiger partial charge in [0.15, 0.2) is 0 Å². The second kappa shape index (κ2) is 6.93. The SMILES string of the molecule is O=C(c1cccnc1)N1CCN(c2nc3ccccc3c3ccccc23)CC1. The molecular formula is C23H20N4O. The van der Waals surface area contributed by atoms with Crippen LogP contribution in [0.2, 0.25) is 0 Å². The van der Waals surface area contributed by atoms with E-state index in [1.54, 1.807) is 18.5 Å². The van der Waals surface area contributed by atoms with Crippen molar-refractivity contribution in [2.75, 3.05) is 31.1 Å². The molecule has 0 N–H and O–H groups in total. The lowest BCUT2D eigenvalue weighted by Crippen LogP contribution is -2.49. The van der Waals surface area contributed by atoms with Gasteiger partial charge in [0.2, 0.25) is 0 Å². The Bertz CT molecular complexity index is 1150. The Hall–Kier alpha value is -3.47. The molecule has 1 aliphatic rings. The van der Waals surface area contributed by atoms with Gasteiger partial charge >= 0.3 is 0 Å². The van der Waals surface area contributed by atoms with Gasteiger partial charge in [-0.25, -0.2) is 4.98 Å². The molecule has 0 aliphatic carbocycles. The van der Waals surface area contributed by atoms with Crippen molar-refractivity contribution >= 4 is 33.4 Å². The summed E-state index contributed by atoms with van der Waals surface area (Å²) in [5, 5.41) is 3.55. The van der Waals surface area contributed by atoms with Crippen LogP contribution in [-0.4, -0.2) is 47.0 Å². The predicted molar refractivity (Wildman–Crippen MR) is 112 cm³/mol. The first-order valence-corrected chi connectivity index (χ1v) is 9.53. The number of carbonyl (C=O) groups excluding carboxylic acids is 1. The number of amides is 1. The molecule has 1 amide bonds. The van der Waals surface area contributed by atoms with Gasteiger partial charge in [0.05, 0.1) is 11.1 Å². The number of nitrogens with zero attached hydrogens (tertiary/aromatic N) is 4. The summed E-state index contributed by atoms with van der Waals surface area (Å²) in [7, 11) is 0. The Balaban J connectivity index is 1.45. The number of carbonyl (C=O) groups is 1. The first-order chi connectivity index (χ1) is 13.8. The molecule has 0 atom stereocenters. The number of benzene rings is 2. The van der Waals surface area contributed by atoms with Crippen molar-refractivity contribution in [3.05, 3.63) is 78.6 Å². The second-order valence-corrected chi connectivity index (χ2v) is 7.02. The smallest absolute Gasteiger partial charge is 0.255 e. The number of rotatable bonds is 2. The highest BCUT2D eigenvalue weighted by Gasteiger charge is 2.24. The number of piperazine rings is 1. The van der Waals surface area contributed by atoms with Gasteiger partial charge < -0.3 is 9.80 Å². The zero-order valence-corrected chi connectivity index (χ0v) is 15.5. The maximum Gasteiger partial charge on any atom is 0.255 e. The Labute approximate surface area is 163 Å². The maximum atomic E-state index is 12.7. The van der Waals surface area contributed by atoms with E-state index in [9.17, 15) is 4.79 Å². The van der Waals surface area contributed by atoms with Crippen LogP contribution in [0.3, 0.4) is 0 Å². The van der Waals surface area contributed by atoms with Crippen LogP contribution in [0.25, 0.3) is 21.7 Å². The molecule has 1 fully saturated rings. The number of para-hydroxylation sites is 1. The van der Waals surface area contributed by atoms with E-state index in [0.717, 1.165) is 29.8 Å². The van der Waals surface area contributed by atoms with Gasteiger partial charge in [-0.1, -0.05) is 42.5 Å². The predicted octanol–water partition coefficient (Wildman–Crippen LogP) is 3.75. The third kappa shape index (κ3) is 2.85. The minimum atomic E-state index is 0.0454. The van der Waals surface area contributed by atoms with Crippen molar-refractivity contribution in [3.8, 4) is 0 Å². The molecule has 28 heavy (non-hydrogen) atoms. The lowest BCUT2D eigenvalue weighted by molar-refractivity contribution is 0.0746. The molecule has 5 nitrogen and oxygen atoms in total. The van der Waals surface area contributed by atoms with Crippen LogP contribution in [0.4, 0.5) is 5.82 Å². The quantitative estimate of drug-likeness (QED) is 0.506. The zero-order valence-electron chi connectivity index (χ0n) is 15.5. The Kier molecular flexibility index (Phi) is 4.13. The molecule has 2 aromatic carbocycles. The summed E-state index contributed by atoms with van der Waals surface area (Å²) in [5.41, 5.74) is 1.65. The minimum Gasteiger partial charge on any atom is -0.353 e. The highest BCUT2D eigenvalue weighted by Crippen LogP contribution is 2.31. The van der Waals surface area contributed by atoms with Crippen LogP contribution in [0.15, 0.2) is 73.1 Å². The van der Waals surface area contributed by atoms with Crippen molar-refractivity contribution in [2.45, 2.75) is 0 Å². The third-order valence-electron chi connectivity index (χ3n) is 5.36. The topological polar surface area (TPSA) is 49.3 Å². The summed E-state index contributed by atoms with van der Waals surface area (Å²) in [5.74, 6) is 1.05. The standard InChI is InChI=1S/C23H20N4O/c28-23(17-6-5-11-24-16-17)27-14-12-26(13-15-27)22-20-9-2-1-7-18(20)19-8-3-4-10-21(19)25-22/h1-11,16H,12-15H2. The average molecular weight is 368 g/mol. The van der Waals surface area contributed by atoms with Gasteiger partial charge in [-0.2, -0.15) is 0 Å². The summed E-state index contributed by atoms with van der Waals surface area (Å²) < 4.78 is 0. The Morgan fingerprint density at radius 3 is 2.25 bits per heavy atom. The highest BCUT2D eigenvalue weighted by molar-refractivity contribution is 6.10. The van der Waals surface area contributed by atoms with Crippen LogP contribution in [-0.2, 0) is 0 Å². The van der Waals surface area contributed by atoms with Crippen LogP contribution < -0.4 is 4.90 Å². The molecule has 5 rings (SSSR count). The van der Waals surface area contributed by atoms with Gasteiger partial charge in [0.25, 0.3) is 5.91 Å². The van der Waals surface area contributed by atoms with Crippen LogP contribution in [0.5, 0.6) is 0 Å². The average Bonchev–Trinajstić information content (AvgIpc) is 2.79. The summed E-state index contributed by atoms with van der Waals surface area (Å²) in [6.07, 6.45) is 3.32. The number of fused-ring (bicyclic) bond motifs is 3. The molecule has 1 saturated heterocycles. The Morgan fingerprint density at radius 1 is 0.786 bits per heavy atom. The van der Waals surface area contributed by atoms with E-state index >= 15 is 0 Å². The third-order valence-corrected chi connectivity index (χ3v) is 5.36. The van der Waals surface area contributed by atoms with E-state index in [4.69, 9.17) is 4.98 Å². The molecule has 1 aliphatic heterocycles. The lowest BCUT2D eigenvalue weighted by atomic mass is 10.1. The van der Waals surface area contributed by atoms with E-state index in [2.05, 4.69) is 52.3 Å². The second-order valence-electron chi connectivity index (χ2n) is 7.02. The van der Waals surface area contributed by atoms with E-state index in [0.29, 0.717) is 18.7 Å². The molecule has 0 spiro atoms. The molecule has 5 heteroatoms. The van der Waals surface area contributed by atoms with Gasteiger partial charge in [0.1, 0.15) is 5.82 Å². The van der Waals surface area contributed by atoms with Crippen LogP contribution in [0, 0.1) is 0 Å². The van der Waals surface area contributed by atoms with E-state index in [1.165, 1.54) is 10.8 Å². The molecule has 0 radical (unpaired) electrons. The van der Waals surface area contributed by atoms with Crippen LogP contribution >= 0.6 is 0 Å². The van der Waals surface area contributed by atoms with Gasteiger partial charge in [-0.05, 0) is 23.6 Å². The zero-order chi connectivity index (χ0) is 18.9. The number of hydrogen-bond donors (Lipinski definition) is 0. The Morgan fingerprint density at radius 2 is 1.50 bits per heavy atom. The molecule has 3 heterocycles. The van der Waals surface area contributed by atoms with E-state index in [-0.39, 0.29) is 5.91 Å². The van der Waals surface area contributed by atoms with Gasteiger partial charge in [0, 0.05) is 49.3 Å². The summed E-state index contributed by atoms with van der Waals surface area (Å²) in [6, 6.07) is 20.3. The number of hydrogen-bond acceptors (Lipinski definition) is 4. The molecule has 2 aromatic heterocycles. The van der Waals surface area contributed by atoms with Gasteiger partial charge in [-0.3, -0.25) is 9.78 Å². The van der Waals surface area contributed by atoms with Crippen molar-refractivity contribution in [3.63, 3.8) is 0 Å². The summed E-state index contributed by atoms with van der Waals surface area (Å²) >= 11 is 0. The summed E-state index contributed by atoms with van der Waals surface area (Å²) in [4.78, 5) is 25.9. The number of pyridine rings is 2. The fraction of sp³-hybridized carbons (Fsp3) is 0.174. The van der Waals surface area contributed by atoms with Crippen molar-refractivity contribution in [2.24, 2.45) is 0 Å². The van der Waals surface area contributed by atoms with Gasteiger partial charge in [-0.15, -0.1) is 0 Å². The van der Waals surface area contributed by atoms with Crippen molar-refractivity contribution in [1.29, 1.82) is 0 Å². The highest BCUT2D eigenvalue weighted by atomic mass is 16.2. The van der Waals surface area contributed by atoms with E-state index in [1.807, 2.05) is 17.0 Å². The molecular weight excluding hydrogens is 348 g/mol. The number of anilines is 1. The minimum absolute atomic E-state index is 0.0454. The molecule has 4 aromatic rings. The number of aromatic nitrogens is 2. The first kappa shape index (κ1) is 16.7. The first-order valence-electron chi connectivity index (χ1n) is 9.53. The monoisotopic (exact) mass is 368 g/mol. The van der Waals surface area contributed by atoms with Crippen LogP contribution in [0.1, 0.15) is 10.4 Å². The van der Waals surface area contributed by atoms with Crippen molar-refractivity contribution in [1.82, 2.24) is 14.9 Å². The summed E-state index contributed by atoms with van der Waals surface area (Å²) in [6.45, 7) is 2.88. The van der Waals surface area contributed by atoms with Crippen molar-refractivity contribution < 1.29 is 4.79 Å². The molecule has 0 bridgehead atoms. The van der Waals surface area contributed by atoms with E-state index < -0.39 is 0 Å². The molecule has 138 valence electrons. The lowest BCUT2D eigenvalue weighted by Gasteiger charge is -2.36.